The summed E-state index contributed by atoms with van der Waals surface area (Å²) in [6, 6.07) is 6.43. The van der Waals surface area contributed by atoms with E-state index in [-0.39, 0.29) is 24.2 Å². The number of aliphatic carboxylic acids is 1. The Kier molecular flexibility index (Phi) is 9.49. The minimum Gasteiger partial charge on any atom is -0.480 e. The first kappa shape index (κ1) is 28.7. The lowest BCUT2D eigenvalue weighted by molar-refractivity contribution is -0.139. The number of rotatable bonds is 9. The molecule has 0 saturated heterocycles. The molecule has 0 bridgehead atoms. The Morgan fingerprint density at radius 1 is 1.05 bits per heavy atom. The molecule has 1 aliphatic rings. The van der Waals surface area contributed by atoms with E-state index < -0.39 is 29.7 Å². The van der Waals surface area contributed by atoms with Crippen molar-refractivity contribution in [1.29, 1.82) is 0 Å². The molecule has 1 aliphatic carbocycles. The van der Waals surface area contributed by atoms with Gasteiger partial charge in [0, 0.05) is 25.4 Å². The molecule has 1 heterocycles. The molecule has 1 fully saturated rings. The number of amides is 3. The van der Waals surface area contributed by atoms with E-state index in [1.165, 1.54) is 10.9 Å². The Morgan fingerprint density at radius 3 is 2.26 bits per heavy atom. The number of alkyl carbamates (subject to hydrolysis) is 1. The Labute approximate surface area is 222 Å². The summed E-state index contributed by atoms with van der Waals surface area (Å²) in [4.78, 5) is 49.8. The van der Waals surface area contributed by atoms with Crippen LogP contribution in [0.15, 0.2) is 36.5 Å². The molecule has 1 aromatic carbocycles. The SMILES string of the molecule is Cn1nccc1C(=O)NC(C(=O)Nc1ccc(CC(NC(=O)OC(C)(C)C)C(=O)O)cc1)C1CCCCC1. The molecule has 1 aromatic heterocycles. The average molecular weight is 528 g/mol. The van der Waals surface area contributed by atoms with Crippen LogP contribution in [0.25, 0.3) is 0 Å². The van der Waals surface area contributed by atoms with Gasteiger partial charge >= 0.3 is 12.1 Å². The van der Waals surface area contributed by atoms with Gasteiger partial charge in [-0.3, -0.25) is 14.3 Å². The van der Waals surface area contributed by atoms with Crippen LogP contribution in [0.5, 0.6) is 0 Å². The highest BCUT2D eigenvalue weighted by atomic mass is 16.6. The predicted molar refractivity (Wildman–Crippen MR) is 141 cm³/mol. The average Bonchev–Trinajstić information content (AvgIpc) is 3.28. The Bertz CT molecular complexity index is 1130. The molecule has 11 nitrogen and oxygen atoms in total. The summed E-state index contributed by atoms with van der Waals surface area (Å²) in [5, 5.41) is 21.7. The van der Waals surface area contributed by atoms with Gasteiger partial charge in [-0.25, -0.2) is 9.59 Å². The molecule has 0 radical (unpaired) electrons. The van der Waals surface area contributed by atoms with E-state index in [0.29, 0.717) is 16.9 Å². The van der Waals surface area contributed by atoms with Crippen LogP contribution in [-0.4, -0.2) is 56.4 Å². The van der Waals surface area contributed by atoms with Crippen molar-refractivity contribution in [2.75, 3.05) is 5.32 Å². The molecule has 2 unspecified atom stereocenters. The van der Waals surface area contributed by atoms with Crippen molar-refractivity contribution in [3.8, 4) is 0 Å². The third kappa shape index (κ3) is 8.32. The monoisotopic (exact) mass is 527 g/mol. The number of nitrogens with one attached hydrogen (secondary N) is 3. The summed E-state index contributed by atoms with van der Waals surface area (Å²) < 4.78 is 6.62. The van der Waals surface area contributed by atoms with Crippen molar-refractivity contribution in [1.82, 2.24) is 20.4 Å². The number of anilines is 1. The molecule has 3 amide bonds. The molecule has 11 heteroatoms. The van der Waals surface area contributed by atoms with Crippen molar-refractivity contribution in [2.24, 2.45) is 13.0 Å². The second kappa shape index (κ2) is 12.6. The number of aryl methyl sites for hydroxylation is 1. The molecule has 2 aromatic rings. The summed E-state index contributed by atoms with van der Waals surface area (Å²) in [6.07, 6.45) is 5.59. The van der Waals surface area contributed by atoms with E-state index in [9.17, 15) is 24.3 Å². The van der Waals surface area contributed by atoms with Gasteiger partial charge in [0.25, 0.3) is 5.91 Å². The standard InChI is InChI=1S/C27H37N5O6/c1-27(2,3)38-26(37)30-20(25(35)36)16-17-10-12-19(13-11-17)29-24(34)22(18-8-6-5-7-9-18)31-23(33)21-14-15-28-32(21)4/h10-15,18,20,22H,5-9,16H2,1-4H3,(H,29,34)(H,30,37)(H,31,33)(H,35,36). The first-order valence-corrected chi connectivity index (χ1v) is 12.8. The van der Waals surface area contributed by atoms with E-state index >= 15 is 0 Å². The van der Waals surface area contributed by atoms with Crippen LogP contribution in [0.4, 0.5) is 10.5 Å². The van der Waals surface area contributed by atoms with Crippen LogP contribution < -0.4 is 16.0 Å². The molecule has 38 heavy (non-hydrogen) atoms. The van der Waals surface area contributed by atoms with Crippen LogP contribution in [0.3, 0.4) is 0 Å². The van der Waals surface area contributed by atoms with Gasteiger partial charge in [-0.05, 0) is 63.3 Å². The van der Waals surface area contributed by atoms with Gasteiger partial charge in [0.1, 0.15) is 23.4 Å². The molecule has 4 N–H and O–H groups in total. The highest BCUT2D eigenvalue weighted by Gasteiger charge is 2.32. The highest BCUT2D eigenvalue weighted by molar-refractivity contribution is 6.00. The first-order chi connectivity index (χ1) is 17.9. The molecule has 2 atom stereocenters. The van der Waals surface area contributed by atoms with Crippen LogP contribution in [0.2, 0.25) is 0 Å². The van der Waals surface area contributed by atoms with Crippen molar-refractivity contribution in [2.45, 2.75) is 77.0 Å². The van der Waals surface area contributed by atoms with E-state index in [4.69, 9.17) is 4.74 Å². The fraction of sp³-hybridized carbons (Fsp3) is 0.519. The molecule has 206 valence electrons. The summed E-state index contributed by atoms with van der Waals surface area (Å²) in [6.45, 7) is 5.08. The fourth-order valence-electron chi connectivity index (χ4n) is 4.51. The largest absolute Gasteiger partial charge is 0.480 e. The van der Waals surface area contributed by atoms with Gasteiger partial charge < -0.3 is 25.8 Å². The smallest absolute Gasteiger partial charge is 0.408 e. The minimum atomic E-state index is -1.19. The molecule has 3 rings (SSSR count). The third-order valence-electron chi connectivity index (χ3n) is 6.39. The summed E-state index contributed by atoms with van der Waals surface area (Å²) >= 11 is 0. The van der Waals surface area contributed by atoms with Crippen molar-refractivity contribution >= 4 is 29.6 Å². The second-order valence-electron chi connectivity index (χ2n) is 10.6. The van der Waals surface area contributed by atoms with E-state index in [1.807, 2.05) is 0 Å². The number of carboxylic acid groups (broad SMARTS) is 1. The summed E-state index contributed by atoms with van der Waals surface area (Å²) in [5.41, 5.74) is 0.789. The van der Waals surface area contributed by atoms with Crippen LogP contribution in [-0.2, 0) is 27.8 Å². The van der Waals surface area contributed by atoms with Gasteiger partial charge in [0.05, 0.1) is 0 Å². The Hall–Kier alpha value is -3.89. The van der Waals surface area contributed by atoms with Gasteiger partial charge in [0.15, 0.2) is 0 Å². The van der Waals surface area contributed by atoms with Crippen molar-refractivity contribution < 1.29 is 29.0 Å². The number of hydrogen-bond acceptors (Lipinski definition) is 6. The molecule has 0 spiro atoms. The molecule has 0 aliphatic heterocycles. The Morgan fingerprint density at radius 2 is 1.71 bits per heavy atom. The number of carboxylic acids is 1. The number of nitrogens with zero attached hydrogens (tertiary/aromatic N) is 2. The van der Waals surface area contributed by atoms with Gasteiger partial charge in [-0.15, -0.1) is 0 Å². The lowest BCUT2D eigenvalue weighted by atomic mass is 9.83. The fourth-order valence-corrected chi connectivity index (χ4v) is 4.51. The maximum absolute atomic E-state index is 13.3. The maximum Gasteiger partial charge on any atom is 0.408 e. The zero-order chi connectivity index (χ0) is 27.9. The predicted octanol–water partition coefficient (Wildman–Crippen LogP) is 3.26. The van der Waals surface area contributed by atoms with Crippen molar-refractivity contribution in [3.05, 3.63) is 47.8 Å². The summed E-state index contributed by atoms with van der Waals surface area (Å²) in [5.74, 6) is -1.83. The molecule has 1 saturated carbocycles. The zero-order valence-corrected chi connectivity index (χ0v) is 22.3. The van der Waals surface area contributed by atoms with Crippen molar-refractivity contribution in [3.63, 3.8) is 0 Å². The number of carbonyl (C=O) groups is 4. The second-order valence-corrected chi connectivity index (χ2v) is 10.6. The normalized spacial score (nSPS) is 15.7. The number of benzene rings is 1. The topological polar surface area (TPSA) is 152 Å². The number of carbonyl (C=O) groups excluding carboxylic acids is 3. The van der Waals surface area contributed by atoms with E-state index in [0.717, 1.165) is 32.1 Å². The number of aromatic nitrogens is 2. The van der Waals surface area contributed by atoms with Crippen LogP contribution in [0.1, 0.15) is 68.9 Å². The zero-order valence-electron chi connectivity index (χ0n) is 22.3. The first-order valence-electron chi connectivity index (χ1n) is 12.8. The quantitative estimate of drug-likeness (QED) is 0.391. The Balaban J connectivity index is 1.66. The highest BCUT2D eigenvalue weighted by Crippen LogP contribution is 2.27. The lowest BCUT2D eigenvalue weighted by Crippen LogP contribution is -2.49. The van der Waals surface area contributed by atoms with Gasteiger partial charge in [-0.2, -0.15) is 5.10 Å². The third-order valence-corrected chi connectivity index (χ3v) is 6.39. The number of hydrogen-bond donors (Lipinski definition) is 4. The molecular formula is C27H37N5O6. The van der Waals surface area contributed by atoms with Crippen LogP contribution >= 0.6 is 0 Å². The maximum atomic E-state index is 13.3. The lowest BCUT2D eigenvalue weighted by Gasteiger charge is -2.30. The van der Waals surface area contributed by atoms with Crippen LogP contribution in [0, 0.1) is 5.92 Å². The minimum absolute atomic E-state index is 0.0236. The number of ether oxygens (including phenoxy) is 1. The van der Waals surface area contributed by atoms with E-state index in [1.54, 1.807) is 58.2 Å². The van der Waals surface area contributed by atoms with E-state index in [2.05, 4.69) is 21.0 Å². The molecular weight excluding hydrogens is 490 g/mol. The van der Waals surface area contributed by atoms with Gasteiger partial charge in [0.2, 0.25) is 5.91 Å². The van der Waals surface area contributed by atoms with Gasteiger partial charge in [-0.1, -0.05) is 31.4 Å². The summed E-state index contributed by atoms with van der Waals surface area (Å²) in [7, 11) is 1.67.